The summed E-state index contributed by atoms with van der Waals surface area (Å²) in [5, 5.41) is 11.6. The molecule has 1 N–H and O–H groups in total. The lowest BCUT2D eigenvalue weighted by Gasteiger charge is -1.99. The first-order chi connectivity index (χ1) is 9.60. The van der Waals surface area contributed by atoms with Crippen molar-refractivity contribution in [1.82, 2.24) is 4.98 Å². The minimum absolute atomic E-state index is 0.230. The number of aryl methyl sites for hydroxylation is 1. The molecule has 0 saturated heterocycles. The summed E-state index contributed by atoms with van der Waals surface area (Å²) in [6, 6.07) is 6.63. The summed E-state index contributed by atoms with van der Waals surface area (Å²) in [5.74, 6) is -1.23. The summed E-state index contributed by atoms with van der Waals surface area (Å²) in [6.07, 6.45) is 0.802. The molecule has 1 heterocycles. The molecule has 20 heavy (non-hydrogen) atoms. The van der Waals surface area contributed by atoms with Crippen LogP contribution in [0.4, 0.5) is 0 Å². The largest absolute Gasteiger partial charge is 0.478 e. The van der Waals surface area contributed by atoms with Crippen molar-refractivity contribution in [1.29, 1.82) is 0 Å². The summed E-state index contributed by atoms with van der Waals surface area (Å²) in [5.41, 5.74) is 1.80. The number of benzene rings is 1. The van der Waals surface area contributed by atoms with Gasteiger partial charge in [0, 0.05) is 17.4 Å². The van der Waals surface area contributed by atoms with E-state index in [4.69, 9.17) is 5.11 Å². The zero-order valence-electron chi connectivity index (χ0n) is 10.8. The number of hydrogen-bond donors (Lipinski definition) is 1. The lowest BCUT2D eigenvalue weighted by molar-refractivity contribution is -0.140. The van der Waals surface area contributed by atoms with Gasteiger partial charge in [0.1, 0.15) is 5.01 Å². The number of aromatic nitrogens is 1. The van der Waals surface area contributed by atoms with Crippen molar-refractivity contribution in [3.8, 4) is 10.6 Å². The Morgan fingerprint density at radius 2 is 2.20 bits per heavy atom. The molecule has 6 heteroatoms. The van der Waals surface area contributed by atoms with E-state index in [-0.39, 0.29) is 18.0 Å². The van der Waals surface area contributed by atoms with Crippen molar-refractivity contribution in [3.05, 3.63) is 40.9 Å². The fourth-order valence-corrected chi connectivity index (χ4v) is 2.52. The van der Waals surface area contributed by atoms with Gasteiger partial charge in [-0.05, 0) is 12.1 Å². The van der Waals surface area contributed by atoms with Gasteiger partial charge in [-0.15, -0.1) is 11.3 Å². The van der Waals surface area contributed by atoms with Gasteiger partial charge in [0.25, 0.3) is 0 Å². The number of thiazole rings is 1. The number of rotatable bonds is 5. The molecular formula is C14H13NO4S. The molecule has 104 valence electrons. The Balaban J connectivity index is 2.14. The molecule has 1 aromatic heterocycles. The van der Waals surface area contributed by atoms with Gasteiger partial charge in [0.2, 0.25) is 0 Å². The highest BCUT2D eigenvalue weighted by atomic mass is 32.1. The molecule has 0 saturated carbocycles. The van der Waals surface area contributed by atoms with Gasteiger partial charge in [-0.3, -0.25) is 4.79 Å². The summed E-state index contributed by atoms with van der Waals surface area (Å²) in [6.45, 7) is 0. The number of esters is 1. The second-order valence-corrected chi connectivity index (χ2v) is 4.96. The van der Waals surface area contributed by atoms with Crippen LogP contribution < -0.4 is 0 Å². The van der Waals surface area contributed by atoms with Gasteiger partial charge in [-0.1, -0.05) is 12.1 Å². The Morgan fingerprint density at radius 1 is 1.40 bits per heavy atom. The molecule has 0 amide bonds. The topological polar surface area (TPSA) is 76.5 Å². The van der Waals surface area contributed by atoms with E-state index in [2.05, 4.69) is 9.72 Å². The predicted molar refractivity (Wildman–Crippen MR) is 74.8 cm³/mol. The highest BCUT2D eigenvalue weighted by Crippen LogP contribution is 2.25. The number of carbonyl (C=O) groups is 2. The maximum absolute atomic E-state index is 11.1. The molecular weight excluding hydrogens is 278 g/mol. The molecule has 0 atom stereocenters. The zero-order valence-corrected chi connectivity index (χ0v) is 11.6. The molecule has 0 unspecified atom stereocenters. The van der Waals surface area contributed by atoms with Crippen molar-refractivity contribution < 1.29 is 19.4 Å². The van der Waals surface area contributed by atoms with E-state index in [1.807, 2.05) is 11.4 Å². The molecule has 2 rings (SSSR count). The van der Waals surface area contributed by atoms with Gasteiger partial charge in [0.15, 0.2) is 0 Å². The normalized spacial score (nSPS) is 10.2. The first-order valence-electron chi connectivity index (χ1n) is 5.95. The van der Waals surface area contributed by atoms with E-state index in [0.29, 0.717) is 6.42 Å². The summed E-state index contributed by atoms with van der Waals surface area (Å²) >= 11 is 1.43. The van der Waals surface area contributed by atoms with E-state index in [0.717, 1.165) is 16.3 Å². The van der Waals surface area contributed by atoms with Crippen LogP contribution in [0.3, 0.4) is 0 Å². The molecule has 0 spiro atoms. The van der Waals surface area contributed by atoms with E-state index >= 15 is 0 Å². The first-order valence-corrected chi connectivity index (χ1v) is 6.83. The summed E-state index contributed by atoms with van der Waals surface area (Å²) < 4.78 is 4.58. The van der Waals surface area contributed by atoms with Crippen LogP contribution in [0.25, 0.3) is 10.6 Å². The van der Waals surface area contributed by atoms with Crippen LogP contribution in [-0.4, -0.2) is 29.1 Å². The van der Waals surface area contributed by atoms with Gasteiger partial charge in [-0.2, -0.15) is 0 Å². The minimum Gasteiger partial charge on any atom is -0.478 e. The number of methoxy groups -OCH3 is 1. The number of nitrogens with zero attached hydrogens (tertiary/aromatic N) is 1. The van der Waals surface area contributed by atoms with Crippen LogP contribution in [0.2, 0.25) is 0 Å². The average molecular weight is 291 g/mol. The smallest absolute Gasteiger partial charge is 0.335 e. The van der Waals surface area contributed by atoms with Crippen molar-refractivity contribution >= 4 is 23.3 Å². The maximum Gasteiger partial charge on any atom is 0.335 e. The van der Waals surface area contributed by atoms with Gasteiger partial charge < -0.3 is 9.84 Å². The first kappa shape index (κ1) is 14.2. The van der Waals surface area contributed by atoms with Gasteiger partial charge in [0.05, 0.1) is 24.8 Å². The minimum atomic E-state index is -0.964. The lowest BCUT2D eigenvalue weighted by atomic mass is 10.1. The molecule has 0 aliphatic carbocycles. The summed E-state index contributed by atoms with van der Waals surface area (Å²) in [7, 11) is 1.35. The van der Waals surface area contributed by atoms with Crippen molar-refractivity contribution in [2.24, 2.45) is 0 Å². The maximum atomic E-state index is 11.1. The van der Waals surface area contributed by atoms with E-state index in [1.165, 1.54) is 24.5 Å². The van der Waals surface area contributed by atoms with Crippen molar-refractivity contribution in [3.63, 3.8) is 0 Å². The van der Waals surface area contributed by atoms with Crippen LogP contribution >= 0.6 is 11.3 Å². The standard InChI is InChI=1S/C14H13NO4S/c1-19-12(16)6-5-11-8-20-13(15-11)9-3-2-4-10(7-9)14(17)18/h2-4,7-8H,5-6H2,1H3,(H,17,18). The third-order valence-electron chi connectivity index (χ3n) is 2.72. The Morgan fingerprint density at radius 3 is 2.90 bits per heavy atom. The third-order valence-corrected chi connectivity index (χ3v) is 3.66. The van der Waals surface area contributed by atoms with Crippen molar-refractivity contribution in [2.45, 2.75) is 12.8 Å². The van der Waals surface area contributed by atoms with Crippen LogP contribution in [-0.2, 0) is 16.0 Å². The summed E-state index contributed by atoms with van der Waals surface area (Å²) in [4.78, 5) is 26.4. The molecule has 0 fully saturated rings. The number of carbonyl (C=O) groups excluding carboxylic acids is 1. The molecule has 5 nitrogen and oxygen atoms in total. The predicted octanol–water partition coefficient (Wildman–Crippen LogP) is 2.61. The van der Waals surface area contributed by atoms with E-state index in [9.17, 15) is 9.59 Å². The molecule has 0 aliphatic rings. The highest BCUT2D eigenvalue weighted by Gasteiger charge is 2.09. The molecule has 1 aromatic carbocycles. The van der Waals surface area contributed by atoms with Gasteiger partial charge in [-0.25, -0.2) is 9.78 Å². The second kappa shape index (κ2) is 6.29. The Labute approximate surface area is 119 Å². The van der Waals surface area contributed by atoms with Crippen LogP contribution in [0.1, 0.15) is 22.5 Å². The van der Waals surface area contributed by atoms with Gasteiger partial charge >= 0.3 is 11.9 Å². The number of carboxylic acid groups (broad SMARTS) is 1. The molecule has 0 bridgehead atoms. The second-order valence-electron chi connectivity index (χ2n) is 4.11. The third kappa shape index (κ3) is 3.42. The average Bonchev–Trinajstić information content (AvgIpc) is 2.93. The Kier molecular flexibility index (Phi) is 4.47. The number of ether oxygens (including phenoxy) is 1. The number of aromatic carboxylic acids is 1. The zero-order chi connectivity index (χ0) is 14.5. The van der Waals surface area contributed by atoms with E-state index < -0.39 is 5.97 Å². The fourth-order valence-electron chi connectivity index (χ4n) is 1.67. The lowest BCUT2D eigenvalue weighted by Crippen LogP contribution is -2.01. The Hall–Kier alpha value is -2.21. The highest BCUT2D eigenvalue weighted by molar-refractivity contribution is 7.13. The SMILES string of the molecule is COC(=O)CCc1csc(-c2cccc(C(=O)O)c2)n1. The number of carboxylic acids is 1. The molecule has 0 aliphatic heterocycles. The van der Waals surface area contributed by atoms with Crippen molar-refractivity contribution in [2.75, 3.05) is 7.11 Å². The molecule has 0 radical (unpaired) electrons. The van der Waals surface area contributed by atoms with Crippen LogP contribution in [0.5, 0.6) is 0 Å². The quantitative estimate of drug-likeness (QED) is 0.857. The number of hydrogen-bond acceptors (Lipinski definition) is 5. The van der Waals surface area contributed by atoms with Crippen LogP contribution in [0, 0.1) is 0 Å². The molecule has 2 aromatic rings. The Bertz CT molecular complexity index is 636. The monoisotopic (exact) mass is 291 g/mol. The van der Waals surface area contributed by atoms with Crippen LogP contribution in [0.15, 0.2) is 29.6 Å². The fraction of sp³-hybridized carbons (Fsp3) is 0.214. The van der Waals surface area contributed by atoms with E-state index in [1.54, 1.807) is 12.1 Å².